The molecule has 31 heavy (non-hydrogen) atoms. The van der Waals surface area contributed by atoms with Crippen molar-refractivity contribution in [1.29, 1.82) is 0 Å². The van der Waals surface area contributed by atoms with Crippen molar-refractivity contribution in [3.8, 4) is 5.75 Å². The van der Waals surface area contributed by atoms with Crippen LogP contribution in [-0.2, 0) is 16.4 Å². The number of anilines is 2. The van der Waals surface area contributed by atoms with Crippen molar-refractivity contribution >= 4 is 38.1 Å². The molecular weight excluding hydrogens is 436 g/mol. The first kappa shape index (κ1) is 21.3. The van der Waals surface area contributed by atoms with Gasteiger partial charge in [-0.3, -0.25) is 14.4 Å². The van der Waals surface area contributed by atoms with Crippen LogP contribution in [0.2, 0.25) is 0 Å². The highest BCUT2D eigenvalue weighted by Gasteiger charge is 2.31. The summed E-state index contributed by atoms with van der Waals surface area (Å²) in [6.07, 6.45) is 0.647. The van der Waals surface area contributed by atoms with Gasteiger partial charge in [-0.15, -0.1) is 10.2 Å². The average Bonchev–Trinajstić information content (AvgIpc) is 3.40. The van der Waals surface area contributed by atoms with Crippen LogP contribution in [0.25, 0.3) is 0 Å². The smallest absolute Gasteiger partial charge is 0.264 e. The number of carbonyl (C=O) groups is 1. The van der Waals surface area contributed by atoms with E-state index in [0.717, 1.165) is 10.6 Å². The Labute approximate surface area is 184 Å². The van der Waals surface area contributed by atoms with Crippen LogP contribution in [0.5, 0.6) is 5.75 Å². The van der Waals surface area contributed by atoms with Crippen LogP contribution in [0.15, 0.2) is 47.4 Å². The number of hydrogen-bond acceptors (Lipinski definition) is 7. The minimum Gasteiger partial charge on any atom is -0.496 e. The minimum absolute atomic E-state index is 0.0234. The quantitative estimate of drug-likeness (QED) is 0.605. The topological polar surface area (TPSA) is 101 Å². The number of para-hydroxylation sites is 1. The molecule has 3 aromatic rings. The van der Waals surface area contributed by atoms with Crippen LogP contribution in [0.4, 0.5) is 10.8 Å². The number of ether oxygens (including phenoxy) is 1. The van der Waals surface area contributed by atoms with Gasteiger partial charge < -0.3 is 4.74 Å². The molecule has 1 aliphatic rings. The third-order valence-corrected chi connectivity index (χ3v) is 7.95. The summed E-state index contributed by atoms with van der Waals surface area (Å²) in [6, 6.07) is 11.7. The number of rotatable bonds is 6. The molecule has 0 saturated carbocycles. The van der Waals surface area contributed by atoms with E-state index in [2.05, 4.69) is 15.5 Å². The van der Waals surface area contributed by atoms with E-state index in [4.69, 9.17) is 4.74 Å². The Kier molecular flexibility index (Phi) is 5.67. The SMILES string of the molecule is COc1ccc(S(=O)(=O)N2CCc3ccccc32)cc1C(=O)Nc1nnc(C(C)C)s1. The lowest BCUT2D eigenvalue weighted by atomic mass is 10.2. The number of methoxy groups -OCH3 is 1. The van der Waals surface area contributed by atoms with Crippen molar-refractivity contribution in [3.05, 3.63) is 58.6 Å². The lowest BCUT2D eigenvalue weighted by Crippen LogP contribution is -2.29. The van der Waals surface area contributed by atoms with Crippen molar-refractivity contribution in [3.63, 3.8) is 0 Å². The third kappa shape index (κ3) is 4.00. The van der Waals surface area contributed by atoms with Crippen LogP contribution in [0, 0.1) is 0 Å². The minimum atomic E-state index is -3.84. The zero-order valence-electron chi connectivity index (χ0n) is 17.3. The zero-order valence-corrected chi connectivity index (χ0v) is 19.0. The van der Waals surface area contributed by atoms with E-state index in [1.54, 1.807) is 6.07 Å². The second-order valence-electron chi connectivity index (χ2n) is 7.37. The third-order valence-electron chi connectivity index (χ3n) is 5.00. The number of amides is 1. The summed E-state index contributed by atoms with van der Waals surface area (Å²) >= 11 is 1.28. The molecule has 0 saturated heterocycles. The fourth-order valence-electron chi connectivity index (χ4n) is 3.39. The molecule has 4 rings (SSSR count). The fraction of sp³-hybridized carbons (Fsp3) is 0.286. The number of fused-ring (bicyclic) bond motifs is 1. The van der Waals surface area contributed by atoms with E-state index < -0.39 is 15.9 Å². The molecule has 0 atom stereocenters. The average molecular weight is 459 g/mol. The highest BCUT2D eigenvalue weighted by Crippen LogP contribution is 2.34. The van der Waals surface area contributed by atoms with Gasteiger partial charge in [0.1, 0.15) is 10.8 Å². The van der Waals surface area contributed by atoms with Gasteiger partial charge in [-0.25, -0.2) is 8.42 Å². The van der Waals surface area contributed by atoms with E-state index in [-0.39, 0.29) is 22.1 Å². The standard InChI is InChI=1S/C21H22N4O4S2/c1-13(2)20-23-24-21(30-20)22-19(26)16-12-15(8-9-18(16)29-3)31(27,28)25-11-10-14-6-4-5-7-17(14)25/h4-9,12-13H,10-11H2,1-3H3,(H,22,24,26). The summed E-state index contributed by atoms with van der Waals surface area (Å²) in [6.45, 7) is 4.33. The maximum absolute atomic E-state index is 13.3. The molecule has 0 spiro atoms. The van der Waals surface area contributed by atoms with Crippen molar-refractivity contribution < 1.29 is 17.9 Å². The molecule has 0 radical (unpaired) electrons. The predicted molar refractivity (Wildman–Crippen MR) is 120 cm³/mol. The molecule has 2 heterocycles. The molecule has 1 N–H and O–H groups in total. The van der Waals surface area contributed by atoms with Gasteiger partial charge in [0.05, 0.1) is 23.3 Å². The number of aromatic nitrogens is 2. The Morgan fingerprint density at radius 3 is 2.68 bits per heavy atom. The maximum Gasteiger partial charge on any atom is 0.264 e. The van der Waals surface area contributed by atoms with Crippen molar-refractivity contribution in [2.45, 2.75) is 31.1 Å². The predicted octanol–water partition coefficient (Wildman–Crippen LogP) is 3.67. The molecular formula is C21H22N4O4S2. The summed E-state index contributed by atoms with van der Waals surface area (Å²) in [5, 5.41) is 11.9. The van der Waals surface area contributed by atoms with Crippen LogP contribution >= 0.6 is 11.3 Å². The number of benzene rings is 2. The summed E-state index contributed by atoms with van der Waals surface area (Å²) in [7, 11) is -2.41. The van der Waals surface area contributed by atoms with Crippen molar-refractivity contribution in [2.75, 3.05) is 23.3 Å². The van der Waals surface area contributed by atoms with Crippen LogP contribution in [0.1, 0.15) is 40.7 Å². The molecule has 0 bridgehead atoms. The number of carbonyl (C=O) groups excluding carboxylic acids is 1. The summed E-state index contributed by atoms with van der Waals surface area (Å²) < 4.78 is 33.4. The maximum atomic E-state index is 13.3. The number of hydrogen-bond donors (Lipinski definition) is 1. The van der Waals surface area contributed by atoms with E-state index in [1.807, 2.05) is 32.0 Å². The molecule has 1 aliphatic heterocycles. The van der Waals surface area contributed by atoms with Gasteiger partial charge in [0.2, 0.25) is 5.13 Å². The lowest BCUT2D eigenvalue weighted by molar-refractivity contribution is 0.102. The van der Waals surface area contributed by atoms with Crippen molar-refractivity contribution in [2.24, 2.45) is 0 Å². The fourth-order valence-corrected chi connectivity index (χ4v) is 5.66. The van der Waals surface area contributed by atoms with Gasteiger partial charge >= 0.3 is 0 Å². The normalized spacial score (nSPS) is 13.4. The molecule has 2 aromatic carbocycles. The molecule has 0 fully saturated rings. The van der Waals surface area contributed by atoms with Gasteiger partial charge in [-0.1, -0.05) is 43.4 Å². The van der Waals surface area contributed by atoms with Gasteiger partial charge in [-0.05, 0) is 36.2 Å². The van der Waals surface area contributed by atoms with Gasteiger partial charge in [0, 0.05) is 12.5 Å². The van der Waals surface area contributed by atoms with Gasteiger partial charge in [-0.2, -0.15) is 0 Å². The van der Waals surface area contributed by atoms with E-state index in [1.165, 1.54) is 41.0 Å². The first-order valence-electron chi connectivity index (χ1n) is 9.74. The molecule has 1 amide bonds. The Bertz CT molecular complexity index is 1240. The first-order valence-corrected chi connectivity index (χ1v) is 12.0. The summed E-state index contributed by atoms with van der Waals surface area (Å²) in [4.78, 5) is 12.9. The summed E-state index contributed by atoms with van der Waals surface area (Å²) in [5.41, 5.74) is 1.76. The monoisotopic (exact) mass is 458 g/mol. The molecule has 0 unspecified atom stereocenters. The Morgan fingerprint density at radius 2 is 1.97 bits per heavy atom. The van der Waals surface area contributed by atoms with Crippen LogP contribution in [0.3, 0.4) is 0 Å². The second-order valence-corrected chi connectivity index (χ2v) is 10.2. The Morgan fingerprint density at radius 1 is 1.19 bits per heavy atom. The van der Waals surface area contributed by atoms with Gasteiger partial charge in [0.25, 0.3) is 15.9 Å². The Hall–Kier alpha value is -2.98. The van der Waals surface area contributed by atoms with Crippen LogP contribution < -0.4 is 14.4 Å². The highest BCUT2D eigenvalue weighted by molar-refractivity contribution is 7.92. The zero-order chi connectivity index (χ0) is 22.2. The first-order chi connectivity index (χ1) is 14.8. The molecule has 10 heteroatoms. The lowest BCUT2D eigenvalue weighted by Gasteiger charge is -2.20. The molecule has 162 valence electrons. The van der Waals surface area contributed by atoms with E-state index in [9.17, 15) is 13.2 Å². The molecule has 1 aromatic heterocycles. The van der Waals surface area contributed by atoms with Gasteiger partial charge in [0.15, 0.2) is 0 Å². The summed E-state index contributed by atoms with van der Waals surface area (Å²) in [5.74, 6) is -0.0523. The van der Waals surface area contributed by atoms with E-state index >= 15 is 0 Å². The molecule has 0 aliphatic carbocycles. The highest BCUT2D eigenvalue weighted by atomic mass is 32.2. The number of sulfonamides is 1. The molecule has 8 nitrogen and oxygen atoms in total. The second kappa shape index (κ2) is 8.27. The number of nitrogens with one attached hydrogen (secondary N) is 1. The van der Waals surface area contributed by atoms with Crippen LogP contribution in [-0.4, -0.2) is 38.2 Å². The Balaban J connectivity index is 1.66. The van der Waals surface area contributed by atoms with Crippen molar-refractivity contribution in [1.82, 2.24) is 10.2 Å². The van der Waals surface area contributed by atoms with E-state index in [0.29, 0.717) is 23.8 Å². The largest absolute Gasteiger partial charge is 0.496 e. The number of nitrogens with zero attached hydrogens (tertiary/aromatic N) is 3.